The molecule has 1 unspecified atom stereocenters. The Bertz CT molecular complexity index is 899. The molecule has 2 aliphatic rings. The number of anilines is 1. The van der Waals surface area contributed by atoms with E-state index in [1.807, 2.05) is 12.1 Å². The van der Waals surface area contributed by atoms with Gasteiger partial charge in [0.15, 0.2) is 5.69 Å². The van der Waals surface area contributed by atoms with Crippen LogP contribution in [-0.2, 0) is 4.79 Å². The number of carbonyl (C=O) groups excluding carboxylic acids is 1. The maximum absolute atomic E-state index is 12.7. The lowest BCUT2D eigenvalue weighted by atomic mass is 9.85. The number of benzene rings is 1. The molecule has 0 saturated heterocycles. The molecule has 0 bridgehead atoms. The van der Waals surface area contributed by atoms with Gasteiger partial charge in [-0.05, 0) is 57.1 Å². The lowest BCUT2D eigenvalue weighted by Crippen LogP contribution is -2.37. The first kappa shape index (κ1) is 18.0. The zero-order chi connectivity index (χ0) is 19.0. The first-order valence-electron chi connectivity index (χ1n) is 9.89. The number of carbonyl (C=O) groups is 1. The molecule has 6 heteroatoms. The molecule has 1 amide bonds. The molecule has 1 heterocycles. The molecule has 2 fully saturated rings. The van der Waals surface area contributed by atoms with Crippen LogP contribution in [0.15, 0.2) is 18.2 Å². The van der Waals surface area contributed by atoms with E-state index in [4.69, 9.17) is 6.57 Å². The number of nitrogens with zero attached hydrogens (tertiary/aromatic N) is 3. The highest BCUT2D eigenvalue weighted by Gasteiger charge is 2.36. The fourth-order valence-electron chi connectivity index (χ4n) is 4.44. The third-order valence-corrected chi connectivity index (χ3v) is 6.25. The number of hydrogen-bond acceptors (Lipinski definition) is 3. The molecule has 4 rings (SSSR count). The van der Waals surface area contributed by atoms with Crippen molar-refractivity contribution >= 4 is 28.6 Å². The number of aromatic nitrogens is 2. The molecular weight excluding hydrogens is 340 g/mol. The van der Waals surface area contributed by atoms with Gasteiger partial charge in [-0.2, -0.15) is 0 Å². The molecule has 1 aromatic heterocycles. The Balaban J connectivity index is 1.59. The Labute approximate surface area is 159 Å². The average Bonchev–Trinajstić information content (AvgIpc) is 3.22. The number of fused-ring (bicyclic) bond motifs is 1. The molecule has 2 aliphatic carbocycles. The molecule has 6 nitrogen and oxygen atoms in total. The van der Waals surface area contributed by atoms with E-state index in [0.29, 0.717) is 17.7 Å². The Kier molecular flexibility index (Phi) is 4.65. The summed E-state index contributed by atoms with van der Waals surface area (Å²) in [6, 6.07) is 5.74. The zero-order valence-corrected chi connectivity index (χ0v) is 15.7. The van der Waals surface area contributed by atoms with Gasteiger partial charge in [-0.15, -0.1) is 0 Å². The maximum Gasteiger partial charge on any atom is 0.229 e. The van der Waals surface area contributed by atoms with Crippen LogP contribution in [0, 0.1) is 12.5 Å². The average molecular weight is 366 g/mol. The van der Waals surface area contributed by atoms with Crippen molar-refractivity contribution in [2.24, 2.45) is 5.92 Å². The largest absolute Gasteiger partial charge is 0.389 e. The molecule has 1 aromatic carbocycles. The van der Waals surface area contributed by atoms with Gasteiger partial charge in [0.25, 0.3) is 0 Å². The van der Waals surface area contributed by atoms with Crippen molar-refractivity contribution in [3.05, 3.63) is 29.6 Å². The molecule has 27 heavy (non-hydrogen) atoms. The summed E-state index contributed by atoms with van der Waals surface area (Å²) < 4.78 is 2.07. The van der Waals surface area contributed by atoms with E-state index in [1.54, 1.807) is 13.0 Å². The minimum atomic E-state index is -0.981. The van der Waals surface area contributed by atoms with Crippen LogP contribution in [0.5, 0.6) is 0 Å². The van der Waals surface area contributed by atoms with E-state index in [-0.39, 0.29) is 18.2 Å². The van der Waals surface area contributed by atoms with E-state index in [0.717, 1.165) is 56.0 Å². The fourth-order valence-corrected chi connectivity index (χ4v) is 4.44. The topological polar surface area (TPSA) is 71.5 Å². The van der Waals surface area contributed by atoms with Gasteiger partial charge >= 0.3 is 0 Å². The van der Waals surface area contributed by atoms with Crippen LogP contribution in [0.2, 0.25) is 0 Å². The van der Waals surface area contributed by atoms with Crippen molar-refractivity contribution < 1.29 is 9.90 Å². The second-order valence-corrected chi connectivity index (χ2v) is 8.24. The SMILES string of the molecule is [C-]#[N+]c1ccc2nc(NC(=O)CC(C)(O)C3CCCC3)n(C3CCC3)c2c1. The van der Waals surface area contributed by atoms with Gasteiger partial charge in [-0.3, -0.25) is 10.1 Å². The summed E-state index contributed by atoms with van der Waals surface area (Å²) in [5.74, 6) is 0.521. The second kappa shape index (κ2) is 6.97. The van der Waals surface area contributed by atoms with Crippen molar-refractivity contribution in [3.63, 3.8) is 0 Å². The highest BCUT2D eigenvalue weighted by Crippen LogP contribution is 2.39. The predicted molar refractivity (Wildman–Crippen MR) is 105 cm³/mol. The summed E-state index contributed by atoms with van der Waals surface area (Å²) in [5.41, 5.74) is 1.27. The Morgan fingerprint density at radius 3 is 2.70 bits per heavy atom. The van der Waals surface area contributed by atoms with E-state index in [1.165, 1.54) is 0 Å². The number of amides is 1. The molecule has 2 aromatic rings. The predicted octanol–water partition coefficient (Wildman–Crippen LogP) is 4.58. The maximum atomic E-state index is 12.7. The molecular formula is C21H26N4O2. The number of hydrogen-bond donors (Lipinski definition) is 2. The van der Waals surface area contributed by atoms with Gasteiger partial charge in [0.2, 0.25) is 11.9 Å². The first-order valence-corrected chi connectivity index (χ1v) is 9.89. The van der Waals surface area contributed by atoms with Crippen molar-refractivity contribution in [1.29, 1.82) is 0 Å². The third-order valence-electron chi connectivity index (χ3n) is 6.25. The summed E-state index contributed by atoms with van der Waals surface area (Å²) in [6.07, 6.45) is 7.58. The number of rotatable bonds is 5. The zero-order valence-electron chi connectivity index (χ0n) is 15.7. The van der Waals surface area contributed by atoms with E-state index >= 15 is 0 Å². The van der Waals surface area contributed by atoms with Gasteiger partial charge in [-0.1, -0.05) is 18.9 Å². The fraction of sp³-hybridized carbons (Fsp3) is 0.571. The van der Waals surface area contributed by atoms with E-state index < -0.39 is 5.60 Å². The third kappa shape index (κ3) is 3.44. The Morgan fingerprint density at radius 1 is 1.33 bits per heavy atom. The van der Waals surface area contributed by atoms with Crippen LogP contribution >= 0.6 is 0 Å². The Morgan fingerprint density at radius 2 is 2.07 bits per heavy atom. The molecule has 0 spiro atoms. The lowest BCUT2D eigenvalue weighted by molar-refractivity contribution is -0.122. The van der Waals surface area contributed by atoms with Crippen molar-refractivity contribution in [2.75, 3.05) is 5.32 Å². The molecule has 2 saturated carbocycles. The lowest BCUT2D eigenvalue weighted by Gasteiger charge is -2.31. The van der Waals surface area contributed by atoms with E-state index in [2.05, 4.69) is 19.7 Å². The van der Waals surface area contributed by atoms with Crippen LogP contribution in [0.3, 0.4) is 0 Å². The first-order chi connectivity index (χ1) is 13.0. The van der Waals surface area contributed by atoms with Crippen molar-refractivity contribution in [1.82, 2.24) is 9.55 Å². The Hall–Kier alpha value is -2.39. The smallest absolute Gasteiger partial charge is 0.229 e. The van der Waals surface area contributed by atoms with Gasteiger partial charge < -0.3 is 9.67 Å². The highest BCUT2D eigenvalue weighted by molar-refractivity contribution is 5.92. The minimum absolute atomic E-state index is 0.0822. The van der Waals surface area contributed by atoms with Gasteiger partial charge in [0.1, 0.15) is 0 Å². The number of imidazole rings is 1. The quantitative estimate of drug-likeness (QED) is 0.761. The summed E-state index contributed by atoms with van der Waals surface area (Å²) >= 11 is 0. The van der Waals surface area contributed by atoms with Gasteiger partial charge in [0, 0.05) is 6.04 Å². The monoisotopic (exact) mass is 366 g/mol. The van der Waals surface area contributed by atoms with Crippen LogP contribution in [0.1, 0.15) is 64.3 Å². The second-order valence-electron chi connectivity index (χ2n) is 8.24. The van der Waals surface area contributed by atoms with Crippen molar-refractivity contribution in [3.8, 4) is 0 Å². The van der Waals surface area contributed by atoms with Crippen LogP contribution in [0.4, 0.5) is 11.6 Å². The molecule has 0 aliphatic heterocycles. The van der Waals surface area contributed by atoms with Gasteiger partial charge in [0.05, 0.1) is 29.6 Å². The number of aliphatic hydroxyl groups is 1. The number of nitrogens with one attached hydrogen (secondary N) is 1. The molecule has 0 radical (unpaired) electrons. The summed E-state index contributed by atoms with van der Waals surface area (Å²) in [6.45, 7) is 9.03. The van der Waals surface area contributed by atoms with Crippen LogP contribution < -0.4 is 5.32 Å². The van der Waals surface area contributed by atoms with Gasteiger partial charge in [-0.25, -0.2) is 9.83 Å². The van der Waals surface area contributed by atoms with Crippen molar-refractivity contribution in [2.45, 2.75) is 69.9 Å². The summed E-state index contributed by atoms with van der Waals surface area (Å²) in [5, 5.41) is 13.7. The standard InChI is InChI=1S/C21H26N4O2/c1-21(27,14-6-3-4-7-14)13-19(26)24-20-23-17-11-10-15(22-2)12-18(17)25(20)16-8-5-9-16/h10-12,14,16,27H,3-9,13H2,1H3,(H,23,24,26). The normalized spacial score (nSPS) is 20.2. The summed E-state index contributed by atoms with van der Waals surface area (Å²) in [7, 11) is 0. The van der Waals surface area contributed by atoms with Crippen LogP contribution in [-0.4, -0.2) is 26.2 Å². The molecule has 1 atom stereocenters. The highest BCUT2D eigenvalue weighted by atomic mass is 16.3. The summed E-state index contributed by atoms with van der Waals surface area (Å²) in [4.78, 5) is 20.8. The minimum Gasteiger partial charge on any atom is -0.389 e. The molecule has 142 valence electrons. The molecule has 2 N–H and O–H groups in total. The van der Waals surface area contributed by atoms with E-state index in [9.17, 15) is 9.90 Å². The van der Waals surface area contributed by atoms with Crippen LogP contribution in [0.25, 0.3) is 15.9 Å².